The average Bonchev–Trinajstić information content (AvgIpc) is 2.36. The summed E-state index contributed by atoms with van der Waals surface area (Å²) in [7, 11) is 1.64. The zero-order valence-electron chi connectivity index (χ0n) is 11.4. The van der Waals surface area contributed by atoms with Crippen LogP contribution < -0.4 is 10.1 Å². The first-order chi connectivity index (χ1) is 8.40. The van der Waals surface area contributed by atoms with E-state index in [1.54, 1.807) is 7.11 Å². The first-order valence-electron chi connectivity index (χ1n) is 5.93. The Morgan fingerprint density at radius 2 is 2.11 bits per heavy atom. The summed E-state index contributed by atoms with van der Waals surface area (Å²) in [5, 5.41) is 11.4. The highest BCUT2D eigenvalue weighted by Crippen LogP contribution is 2.31. The van der Waals surface area contributed by atoms with Gasteiger partial charge in [-0.05, 0) is 13.0 Å². The van der Waals surface area contributed by atoms with E-state index in [9.17, 15) is 4.79 Å². The summed E-state index contributed by atoms with van der Waals surface area (Å²) in [5.74, 6) is 0.443. The third kappa shape index (κ3) is 3.47. The topological polar surface area (TPSA) is 58.6 Å². The van der Waals surface area contributed by atoms with Gasteiger partial charge in [0.25, 0.3) is 0 Å². The number of ether oxygens (including phenoxy) is 1. The van der Waals surface area contributed by atoms with Crippen LogP contribution in [0.4, 0.5) is 0 Å². The Labute approximate surface area is 108 Å². The van der Waals surface area contributed by atoms with Crippen molar-refractivity contribution in [3.8, 4) is 5.75 Å². The van der Waals surface area contributed by atoms with Crippen molar-refractivity contribution in [1.29, 1.82) is 0 Å². The van der Waals surface area contributed by atoms with Crippen molar-refractivity contribution in [2.45, 2.75) is 26.2 Å². The number of hydrogen-bond donors (Lipinski definition) is 2. The number of aryl methyl sites for hydroxylation is 1. The fourth-order valence-electron chi connectivity index (χ4n) is 1.82. The molecule has 0 bridgehead atoms. The zero-order valence-corrected chi connectivity index (χ0v) is 11.4. The highest BCUT2D eigenvalue weighted by Gasteiger charge is 2.25. The van der Waals surface area contributed by atoms with Crippen LogP contribution in [-0.4, -0.2) is 31.3 Å². The van der Waals surface area contributed by atoms with Gasteiger partial charge in [-0.3, -0.25) is 4.79 Å². The maximum absolute atomic E-state index is 11.1. The molecule has 1 aromatic rings. The van der Waals surface area contributed by atoms with E-state index in [4.69, 9.17) is 9.84 Å². The molecule has 0 radical (unpaired) electrons. The third-order valence-electron chi connectivity index (χ3n) is 2.96. The second-order valence-electron chi connectivity index (χ2n) is 5.02. The normalized spacial score (nSPS) is 11.2. The smallest absolute Gasteiger partial charge is 0.245 e. The fourth-order valence-corrected chi connectivity index (χ4v) is 1.82. The second-order valence-corrected chi connectivity index (χ2v) is 5.02. The predicted octanol–water partition coefficient (Wildman–Crippen LogP) is 1.39. The largest absolute Gasteiger partial charge is 0.496 e. The van der Waals surface area contributed by atoms with Crippen LogP contribution in [-0.2, 0) is 10.2 Å². The van der Waals surface area contributed by atoms with E-state index in [0.717, 1.165) is 16.9 Å². The summed E-state index contributed by atoms with van der Waals surface area (Å²) in [6.45, 7) is 6.04. The maximum Gasteiger partial charge on any atom is 0.245 e. The lowest BCUT2D eigenvalue weighted by Crippen LogP contribution is -2.38. The molecular formula is C14H21NO3. The Morgan fingerprint density at radius 3 is 2.67 bits per heavy atom. The maximum atomic E-state index is 11.1. The Hall–Kier alpha value is -1.55. The lowest BCUT2D eigenvalue weighted by Gasteiger charge is -2.27. The Kier molecular flexibility index (Phi) is 4.73. The minimum atomic E-state index is -0.485. The molecule has 0 aliphatic carbocycles. The standard InChI is InChI=1S/C14H21NO3/c1-10-5-6-12(18-4)11(7-10)14(2,3)9-15-13(17)8-16/h5-7,16H,8-9H2,1-4H3,(H,15,17). The first kappa shape index (κ1) is 14.5. The molecule has 0 atom stereocenters. The van der Waals surface area contributed by atoms with E-state index in [-0.39, 0.29) is 11.3 Å². The van der Waals surface area contributed by atoms with Gasteiger partial charge in [0.05, 0.1) is 7.11 Å². The van der Waals surface area contributed by atoms with Crippen LogP contribution in [0.25, 0.3) is 0 Å². The molecule has 4 nitrogen and oxygen atoms in total. The molecule has 1 amide bonds. The van der Waals surface area contributed by atoms with Crippen LogP contribution in [0.5, 0.6) is 5.75 Å². The molecule has 0 heterocycles. The van der Waals surface area contributed by atoms with Crippen LogP contribution in [0, 0.1) is 6.92 Å². The molecule has 18 heavy (non-hydrogen) atoms. The fraction of sp³-hybridized carbons (Fsp3) is 0.500. The molecule has 0 fully saturated rings. The van der Waals surface area contributed by atoms with E-state index in [2.05, 4.69) is 11.4 Å². The first-order valence-corrected chi connectivity index (χ1v) is 5.93. The van der Waals surface area contributed by atoms with Gasteiger partial charge in [-0.15, -0.1) is 0 Å². The summed E-state index contributed by atoms with van der Waals surface area (Å²) < 4.78 is 5.36. The molecule has 2 N–H and O–H groups in total. The van der Waals surface area contributed by atoms with Crippen molar-refractivity contribution in [2.75, 3.05) is 20.3 Å². The lowest BCUT2D eigenvalue weighted by molar-refractivity contribution is -0.124. The van der Waals surface area contributed by atoms with Crippen molar-refractivity contribution in [1.82, 2.24) is 5.32 Å². The zero-order chi connectivity index (χ0) is 13.8. The Morgan fingerprint density at radius 1 is 1.44 bits per heavy atom. The minimum absolute atomic E-state index is 0.262. The van der Waals surface area contributed by atoms with Crippen molar-refractivity contribution >= 4 is 5.91 Å². The molecule has 0 saturated heterocycles. The van der Waals surface area contributed by atoms with Gasteiger partial charge in [-0.2, -0.15) is 0 Å². The number of hydrogen-bond acceptors (Lipinski definition) is 3. The number of carbonyl (C=O) groups is 1. The number of rotatable bonds is 5. The van der Waals surface area contributed by atoms with E-state index in [1.165, 1.54) is 0 Å². The summed E-state index contributed by atoms with van der Waals surface area (Å²) in [6.07, 6.45) is 0. The molecule has 0 saturated carbocycles. The van der Waals surface area contributed by atoms with Crippen LogP contribution in [0.2, 0.25) is 0 Å². The number of benzene rings is 1. The highest BCUT2D eigenvalue weighted by atomic mass is 16.5. The van der Waals surface area contributed by atoms with Gasteiger partial charge in [-0.25, -0.2) is 0 Å². The van der Waals surface area contributed by atoms with E-state index in [0.29, 0.717) is 6.54 Å². The molecule has 0 aromatic heterocycles. The van der Waals surface area contributed by atoms with E-state index in [1.807, 2.05) is 32.9 Å². The molecule has 1 aromatic carbocycles. The molecule has 0 aliphatic heterocycles. The molecular weight excluding hydrogens is 230 g/mol. The monoisotopic (exact) mass is 251 g/mol. The molecule has 4 heteroatoms. The molecule has 100 valence electrons. The molecule has 0 unspecified atom stereocenters. The molecule has 1 rings (SSSR count). The van der Waals surface area contributed by atoms with Crippen molar-refractivity contribution < 1.29 is 14.6 Å². The van der Waals surface area contributed by atoms with Gasteiger partial charge in [0.15, 0.2) is 0 Å². The number of methoxy groups -OCH3 is 1. The number of carbonyl (C=O) groups excluding carboxylic acids is 1. The van der Waals surface area contributed by atoms with Crippen molar-refractivity contribution in [3.05, 3.63) is 29.3 Å². The quantitative estimate of drug-likeness (QED) is 0.831. The summed E-state index contributed by atoms with van der Waals surface area (Å²) in [4.78, 5) is 11.1. The number of amides is 1. The minimum Gasteiger partial charge on any atom is -0.496 e. The van der Waals surface area contributed by atoms with Crippen LogP contribution in [0.15, 0.2) is 18.2 Å². The average molecular weight is 251 g/mol. The van der Waals surface area contributed by atoms with Gasteiger partial charge in [-0.1, -0.05) is 31.5 Å². The summed E-state index contributed by atoms with van der Waals surface area (Å²) in [6, 6.07) is 5.98. The summed E-state index contributed by atoms with van der Waals surface area (Å²) >= 11 is 0. The van der Waals surface area contributed by atoms with E-state index >= 15 is 0 Å². The van der Waals surface area contributed by atoms with Crippen LogP contribution in [0.1, 0.15) is 25.0 Å². The molecule has 0 spiro atoms. The van der Waals surface area contributed by atoms with Crippen LogP contribution >= 0.6 is 0 Å². The van der Waals surface area contributed by atoms with Gasteiger partial charge in [0.1, 0.15) is 12.4 Å². The summed E-state index contributed by atoms with van der Waals surface area (Å²) in [5.41, 5.74) is 1.93. The molecule has 0 aliphatic rings. The van der Waals surface area contributed by atoms with Gasteiger partial charge in [0, 0.05) is 17.5 Å². The second kappa shape index (κ2) is 5.87. The predicted molar refractivity (Wildman–Crippen MR) is 70.9 cm³/mol. The van der Waals surface area contributed by atoms with Gasteiger partial charge < -0.3 is 15.2 Å². The van der Waals surface area contributed by atoms with Crippen molar-refractivity contribution in [2.24, 2.45) is 0 Å². The highest BCUT2D eigenvalue weighted by molar-refractivity contribution is 5.77. The van der Waals surface area contributed by atoms with Crippen LogP contribution in [0.3, 0.4) is 0 Å². The number of nitrogens with one attached hydrogen (secondary N) is 1. The SMILES string of the molecule is COc1ccc(C)cc1C(C)(C)CNC(=O)CO. The Bertz CT molecular complexity index is 427. The lowest BCUT2D eigenvalue weighted by atomic mass is 9.83. The van der Waals surface area contributed by atoms with Gasteiger partial charge >= 0.3 is 0 Å². The third-order valence-corrected chi connectivity index (χ3v) is 2.96. The van der Waals surface area contributed by atoms with Gasteiger partial charge in [0.2, 0.25) is 5.91 Å². The van der Waals surface area contributed by atoms with Crippen molar-refractivity contribution in [3.63, 3.8) is 0 Å². The Balaban J connectivity index is 2.95. The van der Waals surface area contributed by atoms with E-state index < -0.39 is 6.61 Å². The number of aliphatic hydroxyl groups excluding tert-OH is 1. The number of aliphatic hydroxyl groups is 1.